The minimum atomic E-state index is -4.59. The van der Waals surface area contributed by atoms with Gasteiger partial charge in [0.2, 0.25) is 0 Å². The van der Waals surface area contributed by atoms with Crippen LogP contribution in [0, 0.1) is 12.8 Å². The Morgan fingerprint density at radius 2 is 1.95 bits per heavy atom. The van der Waals surface area contributed by atoms with Gasteiger partial charge in [-0.2, -0.15) is 18.3 Å². The molecule has 2 aromatic carbocycles. The molecule has 0 radical (unpaired) electrons. The van der Waals surface area contributed by atoms with E-state index < -0.39 is 17.6 Å². The van der Waals surface area contributed by atoms with Gasteiger partial charge in [0.1, 0.15) is 11.4 Å². The maximum absolute atomic E-state index is 13.7. The molecule has 0 aliphatic carbocycles. The first-order chi connectivity index (χ1) is 18.4. The van der Waals surface area contributed by atoms with Gasteiger partial charge in [-0.3, -0.25) is 9.48 Å². The van der Waals surface area contributed by atoms with Crippen LogP contribution < -0.4 is 10.1 Å². The number of methoxy groups -OCH3 is 1. The van der Waals surface area contributed by atoms with Crippen LogP contribution in [0.15, 0.2) is 42.7 Å². The summed E-state index contributed by atoms with van der Waals surface area (Å²) in [6, 6.07) is 6.44. The summed E-state index contributed by atoms with van der Waals surface area (Å²) in [5.74, 6) is -0.170. The van der Waals surface area contributed by atoms with Crippen molar-refractivity contribution >= 4 is 23.2 Å². The van der Waals surface area contributed by atoms with Crippen molar-refractivity contribution < 1.29 is 22.7 Å². The van der Waals surface area contributed by atoms with Crippen LogP contribution in [0.5, 0.6) is 5.75 Å². The van der Waals surface area contributed by atoms with Crippen LogP contribution in [0.3, 0.4) is 0 Å². The Hall–Kier alpha value is -3.86. The first kappa shape index (κ1) is 28.2. The van der Waals surface area contributed by atoms with Gasteiger partial charge in [-0.1, -0.05) is 30.7 Å². The largest absolute Gasteiger partial charge is 0.494 e. The Balaban J connectivity index is 1.67. The van der Waals surface area contributed by atoms with E-state index in [-0.39, 0.29) is 22.9 Å². The Kier molecular flexibility index (Phi) is 8.01. The van der Waals surface area contributed by atoms with Crippen molar-refractivity contribution in [2.75, 3.05) is 12.4 Å². The van der Waals surface area contributed by atoms with E-state index in [0.717, 1.165) is 23.4 Å². The highest BCUT2D eigenvalue weighted by Gasteiger charge is 2.33. The average Bonchev–Trinajstić information content (AvgIpc) is 3.48. The summed E-state index contributed by atoms with van der Waals surface area (Å²) in [5, 5.41) is 15.4. The van der Waals surface area contributed by atoms with Gasteiger partial charge in [-0.05, 0) is 61.6 Å². The number of aromatic nitrogens is 5. The van der Waals surface area contributed by atoms with E-state index in [4.69, 9.17) is 16.3 Å². The van der Waals surface area contributed by atoms with Crippen LogP contribution in [-0.2, 0) is 19.6 Å². The number of rotatable bonds is 8. The molecule has 8 nitrogen and oxygen atoms in total. The fraction of sp³-hybridized carbons (Fsp3) is 0.333. The zero-order valence-electron chi connectivity index (χ0n) is 22.1. The van der Waals surface area contributed by atoms with Crippen molar-refractivity contribution in [1.82, 2.24) is 24.8 Å². The molecular formula is C27H28ClF3N6O2. The third-order valence-corrected chi connectivity index (χ3v) is 6.72. The molecule has 0 aliphatic heterocycles. The molecule has 0 unspecified atom stereocenters. The van der Waals surface area contributed by atoms with Gasteiger partial charge >= 0.3 is 6.18 Å². The SMILES string of the molecule is COc1c(CCC(C)C)cc(C(F)(F)F)cc1NC(=O)c1ccc(Cl)c(-n2cc(-c3cnn(C)c3C)nn2)c1. The number of aryl methyl sites for hydroxylation is 2. The third kappa shape index (κ3) is 6.08. The van der Waals surface area contributed by atoms with Gasteiger partial charge in [0.05, 0.1) is 41.5 Å². The van der Waals surface area contributed by atoms with E-state index in [1.165, 1.54) is 30.0 Å². The molecule has 0 fully saturated rings. The van der Waals surface area contributed by atoms with Crippen molar-refractivity contribution in [2.45, 2.75) is 39.8 Å². The van der Waals surface area contributed by atoms with E-state index in [9.17, 15) is 18.0 Å². The van der Waals surface area contributed by atoms with E-state index >= 15 is 0 Å². The molecule has 0 spiro atoms. The molecule has 2 heterocycles. The summed E-state index contributed by atoms with van der Waals surface area (Å²) in [7, 11) is 3.18. The van der Waals surface area contributed by atoms with Crippen molar-refractivity contribution in [3.05, 3.63) is 70.1 Å². The molecule has 2 aromatic heterocycles. The zero-order chi connectivity index (χ0) is 28.5. The number of amides is 1. The number of anilines is 1. The number of alkyl halides is 3. The zero-order valence-corrected chi connectivity index (χ0v) is 22.9. The summed E-state index contributed by atoms with van der Waals surface area (Å²) in [5.41, 5.74) is 2.22. The predicted molar refractivity (Wildman–Crippen MR) is 142 cm³/mol. The summed E-state index contributed by atoms with van der Waals surface area (Å²) in [4.78, 5) is 13.2. The molecule has 1 N–H and O–H groups in total. The van der Waals surface area contributed by atoms with Crippen LogP contribution in [0.2, 0.25) is 5.02 Å². The lowest BCUT2D eigenvalue weighted by molar-refractivity contribution is -0.137. The molecule has 4 aromatic rings. The van der Waals surface area contributed by atoms with E-state index in [2.05, 4.69) is 20.7 Å². The average molecular weight is 561 g/mol. The Morgan fingerprint density at radius 3 is 2.56 bits per heavy atom. The molecule has 0 atom stereocenters. The van der Waals surface area contributed by atoms with Gasteiger partial charge < -0.3 is 10.1 Å². The van der Waals surface area contributed by atoms with Gasteiger partial charge in [0.15, 0.2) is 0 Å². The number of benzene rings is 2. The predicted octanol–water partition coefficient (Wildman–Crippen LogP) is 6.50. The quantitative estimate of drug-likeness (QED) is 0.266. The number of carbonyl (C=O) groups is 1. The van der Waals surface area contributed by atoms with Crippen molar-refractivity contribution in [1.29, 1.82) is 0 Å². The maximum Gasteiger partial charge on any atom is 0.416 e. The lowest BCUT2D eigenvalue weighted by atomic mass is 9.98. The fourth-order valence-corrected chi connectivity index (χ4v) is 4.30. The van der Waals surface area contributed by atoms with Crippen molar-refractivity contribution in [3.8, 4) is 22.7 Å². The molecule has 206 valence electrons. The normalized spacial score (nSPS) is 11.7. The lowest BCUT2D eigenvalue weighted by Crippen LogP contribution is -2.16. The molecule has 4 rings (SSSR count). The van der Waals surface area contributed by atoms with E-state index in [1.54, 1.807) is 17.1 Å². The lowest BCUT2D eigenvalue weighted by Gasteiger charge is -2.19. The minimum Gasteiger partial charge on any atom is -0.494 e. The van der Waals surface area contributed by atoms with Crippen LogP contribution in [-0.4, -0.2) is 37.8 Å². The second kappa shape index (κ2) is 11.1. The van der Waals surface area contributed by atoms with Crippen LogP contribution in [0.1, 0.15) is 47.4 Å². The minimum absolute atomic E-state index is 0.0670. The molecule has 0 aliphatic rings. The monoisotopic (exact) mass is 560 g/mol. The molecule has 1 amide bonds. The van der Waals surface area contributed by atoms with Crippen LogP contribution >= 0.6 is 11.6 Å². The number of nitrogens with zero attached hydrogens (tertiary/aromatic N) is 5. The number of carbonyl (C=O) groups excluding carboxylic acids is 1. The Bertz CT molecular complexity index is 1510. The maximum atomic E-state index is 13.7. The second-order valence-electron chi connectivity index (χ2n) is 9.58. The van der Waals surface area contributed by atoms with Crippen LogP contribution in [0.25, 0.3) is 16.9 Å². The summed E-state index contributed by atoms with van der Waals surface area (Å²) in [6.45, 7) is 5.86. The van der Waals surface area contributed by atoms with Gasteiger partial charge in [0.25, 0.3) is 5.91 Å². The number of hydrogen-bond donors (Lipinski definition) is 1. The molecular weight excluding hydrogens is 533 g/mol. The third-order valence-electron chi connectivity index (χ3n) is 6.40. The summed E-state index contributed by atoms with van der Waals surface area (Å²) >= 11 is 6.40. The van der Waals surface area contributed by atoms with Crippen molar-refractivity contribution in [3.63, 3.8) is 0 Å². The molecule has 12 heteroatoms. The Morgan fingerprint density at radius 1 is 1.21 bits per heavy atom. The molecule has 0 saturated carbocycles. The van der Waals surface area contributed by atoms with Crippen LogP contribution in [0.4, 0.5) is 18.9 Å². The molecule has 39 heavy (non-hydrogen) atoms. The van der Waals surface area contributed by atoms with Crippen molar-refractivity contribution in [2.24, 2.45) is 13.0 Å². The number of halogens is 4. The first-order valence-corrected chi connectivity index (χ1v) is 12.6. The van der Waals surface area contributed by atoms with E-state index in [1.807, 2.05) is 27.8 Å². The fourth-order valence-electron chi connectivity index (χ4n) is 4.10. The smallest absolute Gasteiger partial charge is 0.416 e. The topological polar surface area (TPSA) is 86.9 Å². The van der Waals surface area contributed by atoms with Gasteiger partial charge in [0, 0.05) is 23.9 Å². The summed E-state index contributed by atoms with van der Waals surface area (Å²) in [6.07, 6.45) is -0.242. The summed E-state index contributed by atoms with van der Waals surface area (Å²) < 4.78 is 49.7. The second-order valence-corrected chi connectivity index (χ2v) is 9.99. The molecule has 0 bridgehead atoms. The highest BCUT2D eigenvalue weighted by atomic mass is 35.5. The standard InChI is InChI=1S/C27H28ClF3N6O2/c1-15(2)6-7-17-10-19(27(29,30)31)12-22(25(17)39-5)33-26(38)18-8-9-21(28)24(11-18)37-14-23(34-35-37)20-13-32-36(4)16(20)3/h8-15H,6-7H2,1-5H3,(H,33,38). The first-order valence-electron chi connectivity index (χ1n) is 12.2. The number of hydrogen-bond acceptors (Lipinski definition) is 5. The Labute approximate surface area is 228 Å². The van der Waals surface area contributed by atoms with Gasteiger partial charge in [-0.25, -0.2) is 4.68 Å². The van der Waals surface area contributed by atoms with Gasteiger partial charge in [-0.15, -0.1) is 5.10 Å². The van der Waals surface area contributed by atoms with E-state index in [0.29, 0.717) is 34.8 Å². The highest BCUT2D eigenvalue weighted by molar-refractivity contribution is 6.32. The number of ether oxygens (including phenoxy) is 1. The molecule has 0 saturated heterocycles. The highest BCUT2D eigenvalue weighted by Crippen LogP contribution is 2.39. The number of nitrogens with one attached hydrogen (secondary N) is 1.